The Morgan fingerprint density at radius 3 is 2.61 bits per heavy atom. The molecule has 23 heavy (non-hydrogen) atoms. The lowest BCUT2D eigenvalue weighted by Crippen LogP contribution is -2.24. The van der Waals surface area contributed by atoms with Crippen LogP contribution in [0.25, 0.3) is 0 Å². The fraction of sp³-hybridized carbons (Fsp3) is 0.0667. The Bertz CT molecular complexity index is 751. The van der Waals surface area contributed by atoms with E-state index in [1.165, 1.54) is 24.4 Å². The van der Waals surface area contributed by atoms with Crippen LogP contribution >= 0.6 is 34.8 Å². The van der Waals surface area contributed by atoms with Gasteiger partial charge in [0.25, 0.3) is 5.91 Å². The first-order valence-corrected chi connectivity index (χ1v) is 7.48. The summed E-state index contributed by atoms with van der Waals surface area (Å²) in [6, 6.07) is 9.42. The van der Waals surface area contributed by atoms with Crippen LogP contribution in [-0.4, -0.2) is 23.8 Å². The van der Waals surface area contributed by atoms with E-state index in [1.54, 1.807) is 18.2 Å². The van der Waals surface area contributed by atoms with Gasteiger partial charge in [0.05, 0.1) is 21.3 Å². The minimum atomic E-state index is -0.501. The van der Waals surface area contributed by atoms with Crippen LogP contribution in [0.2, 0.25) is 15.1 Å². The molecule has 0 saturated heterocycles. The second-order valence-corrected chi connectivity index (χ2v) is 5.56. The van der Waals surface area contributed by atoms with Crippen LogP contribution in [0.4, 0.5) is 0 Å². The van der Waals surface area contributed by atoms with Crippen molar-refractivity contribution in [3.63, 3.8) is 0 Å². The van der Waals surface area contributed by atoms with E-state index in [0.29, 0.717) is 10.6 Å². The highest BCUT2D eigenvalue weighted by Crippen LogP contribution is 2.33. The number of hydrazone groups is 1. The van der Waals surface area contributed by atoms with E-state index in [4.69, 9.17) is 39.5 Å². The molecule has 0 atom stereocenters. The Morgan fingerprint density at radius 1 is 1.17 bits per heavy atom. The molecule has 0 heterocycles. The van der Waals surface area contributed by atoms with Gasteiger partial charge in [0, 0.05) is 11.6 Å². The van der Waals surface area contributed by atoms with Gasteiger partial charge in [-0.3, -0.25) is 4.79 Å². The predicted octanol–water partition coefficient (Wildman–Crippen LogP) is 3.88. The number of carbonyl (C=O) groups is 1. The average molecular weight is 374 g/mol. The SMILES string of the molecule is O=C(COc1cc(Cl)c(Cl)cc1Cl)NN=Cc1ccccc1O. The fourth-order valence-electron chi connectivity index (χ4n) is 1.56. The maximum atomic E-state index is 11.6. The third-order valence-corrected chi connectivity index (χ3v) is 3.68. The Hall–Kier alpha value is -1.95. The third-order valence-electron chi connectivity index (χ3n) is 2.66. The number of carbonyl (C=O) groups excluding carboxylic acids is 1. The third kappa shape index (κ3) is 5.03. The number of aromatic hydroxyl groups is 1. The van der Waals surface area contributed by atoms with Gasteiger partial charge >= 0.3 is 0 Å². The Morgan fingerprint density at radius 2 is 1.87 bits per heavy atom. The highest BCUT2D eigenvalue weighted by Gasteiger charge is 2.09. The van der Waals surface area contributed by atoms with E-state index in [-0.39, 0.29) is 28.2 Å². The van der Waals surface area contributed by atoms with Crippen LogP contribution in [0, 0.1) is 0 Å². The average Bonchev–Trinajstić information content (AvgIpc) is 2.51. The second-order valence-electron chi connectivity index (χ2n) is 4.34. The molecule has 0 saturated carbocycles. The maximum absolute atomic E-state index is 11.6. The lowest BCUT2D eigenvalue weighted by Gasteiger charge is -2.08. The molecule has 0 aliphatic rings. The maximum Gasteiger partial charge on any atom is 0.277 e. The van der Waals surface area contributed by atoms with Gasteiger partial charge in [0.2, 0.25) is 0 Å². The number of rotatable bonds is 5. The van der Waals surface area contributed by atoms with Crippen molar-refractivity contribution >= 4 is 46.9 Å². The first-order chi connectivity index (χ1) is 11.0. The van der Waals surface area contributed by atoms with Gasteiger partial charge in [-0.2, -0.15) is 5.10 Å². The van der Waals surface area contributed by atoms with Crippen molar-refractivity contribution in [2.24, 2.45) is 5.10 Å². The van der Waals surface area contributed by atoms with E-state index in [0.717, 1.165) is 0 Å². The predicted molar refractivity (Wildman–Crippen MR) is 90.8 cm³/mol. The highest BCUT2D eigenvalue weighted by atomic mass is 35.5. The summed E-state index contributed by atoms with van der Waals surface area (Å²) in [6.07, 6.45) is 1.32. The summed E-state index contributed by atoms with van der Waals surface area (Å²) in [5, 5.41) is 14.1. The Balaban J connectivity index is 1.89. The summed E-state index contributed by atoms with van der Waals surface area (Å²) in [7, 11) is 0. The van der Waals surface area contributed by atoms with E-state index in [1.807, 2.05) is 0 Å². The zero-order chi connectivity index (χ0) is 16.8. The van der Waals surface area contributed by atoms with Crippen LogP contribution < -0.4 is 10.2 Å². The van der Waals surface area contributed by atoms with Crippen LogP contribution in [0.3, 0.4) is 0 Å². The lowest BCUT2D eigenvalue weighted by atomic mass is 10.2. The zero-order valence-corrected chi connectivity index (χ0v) is 13.9. The van der Waals surface area contributed by atoms with E-state index < -0.39 is 5.91 Å². The molecule has 0 radical (unpaired) electrons. The van der Waals surface area contributed by atoms with E-state index in [2.05, 4.69) is 10.5 Å². The molecule has 0 aromatic heterocycles. The number of nitrogens with zero attached hydrogens (tertiary/aromatic N) is 1. The van der Waals surface area contributed by atoms with Crippen LogP contribution in [-0.2, 0) is 4.79 Å². The first kappa shape index (κ1) is 17.4. The Labute approximate surface area is 147 Å². The molecule has 2 aromatic rings. The number of phenols is 1. The quantitative estimate of drug-likeness (QED) is 0.474. The largest absolute Gasteiger partial charge is 0.507 e. The minimum Gasteiger partial charge on any atom is -0.507 e. The van der Waals surface area contributed by atoms with Gasteiger partial charge in [-0.1, -0.05) is 46.9 Å². The number of hydrogen-bond acceptors (Lipinski definition) is 4. The molecule has 0 fully saturated rings. The number of phenolic OH excluding ortho intramolecular Hbond substituents is 1. The monoisotopic (exact) mass is 372 g/mol. The van der Waals surface area contributed by atoms with Crippen molar-refractivity contribution in [3.8, 4) is 11.5 Å². The second kappa shape index (κ2) is 8.06. The van der Waals surface area contributed by atoms with Crippen LogP contribution in [0.15, 0.2) is 41.5 Å². The number of amides is 1. The molecule has 0 spiro atoms. The molecular weight excluding hydrogens is 363 g/mol. The normalized spacial score (nSPS) is 10.7. The molecule has 0 bridgehead atoms. The van der Waals surface area contributed by atoms with Gasteiger partial charge in [-0.15, -0.1) is 0 Å². The standard InChI is InChI=1S/C15H11Cl3N2O3/c16-10-5-12(18)14(6-11(10)17)23-8-15(22)20-19-7-9-3-1-2-4-13(9)21/h1-7,21H,8H2,(H,20,22). The smallest absolute Gasteiger partial charge is 0.277 e. The number of para-hydroxylation sites is 1. The first-order valence-electron chi connectivity index (χ1n) is 6.34. The summed E-state index contributed by atoms with van der Waals surface area (Å²) >= 11 is 17.6. The molecular formula is C15H11Cl3N2O3. The Kier molecular flexibility index (Phi) is 6.10. The zero-order valence-electron chi connectivity index (χ0n) is 11.6. The van der Waals surface area contributed by atoms with Gasteiger partial charge < -0.3 is 9.84 Å². The summed E-state index contributed by atoms with van der Waals surface area (Å²) in [6.45, 7) is -0.310. The van der Waals surface area contributed by atoms with Crippen LogP contribution in [0.1, 0.15) is 5.56 Å². The topological polar surface area (TPSA) is 70.9 Å². The molecule has 2 N–H and O–H groups in total. The van der Waals surface area contributed by atoms with Crippen molar-refractivity contribution < 1.29 is 14.6 Å². The highest BCUT2D eigenvalue weighted by molar-refractivity contribution is 6.43. The molecule has 2 rings (SSSR count). The van der Waals surface area contributed by atoms with E-state index in [9.17, 15) is 9.90 Å². The molecule has 5 nitrogen and oxygen atoms in total. The number of ether oxygens (including phenoxy) is 1. The van der Waals surface area contributed by atoms with Gasteiger partial charge in [0.1, 0.15) is 11.5 Å². The molecule has 0 unspecified atom stereocenters. The minimum absolute atomic E-state index is 0.0596. The molecule has 2 aromatic carbocycles. The van der Waals surface area contributed by atoms with Crippen molar-refractivity contribution in [3.05, 3.63) is 57.0 Å². The fourth-order valence-corrected chi connectivity index (χ4v) is 2.15. The van der Waals surface area contributed by atoms with Crippen molar-refractivity contribution in [2.75, 3.05) is 6.61 Å². The van der Waals surface area contributed by atoms with Crippen molar-refractivity contribution in [1.29, 1.82) is 0 Å². The number of nitrogens with one attached hydrogen (secondary N) is 1. The molecule has 0 aliphatic carbocycles. The summed E-state index contributed by atoms with van der Waals surface area (Å²) < 4.78 is 5.25. The van der Waals surface area contributed by atoms with Gasteiger partial charge in [0.15, 0.2) is 6.61 Å². The van der Waals surface area contributed by atoms with E-state index >= 15 is 0 Å². The van der Waals surface area contributed by atoms with Gasteiger partial charge in [-0.05, 0) is 18.2 Å². The number of halogens is 3. The van der Waals surface area contributed by atoms with Gasteiger partial charge in [-0.25, -0.2) is 5.43 Å². The molecule has 8 heteroatoms. The van der Waals surface area contributed by atoms with Crippen LogP contribution in [0.5, 0.6) is 11.5 Å². The number of hydrogen-bond donors (Lipinski definition) is 2. The van der Waals surface area contributed by atoms with Crippen molar-refractivity contribution in [2.45, 2.75) is 0 Å². The summed E-state index contributed by atoms with van der Waals surface area (Å²) in [5.74, 6) is -0.205. The number of benzene rings is 2. The van der Waals surface area contributed by atoms with Crippen molar-refractivity contribution in [1.82, 2.24) is 5.43 Å². The summed E-state index contributed by atoms with van der Waals surface area (Å²) in [4.78, 5) is 11.6. The lowest BCUT2D eigenvalue weighted by molar-refractivity contribution is -0.123. The summed E-state index contributed by atoms with van der Waals surface area (Å²) in [5.41, 5.74) is 2.74. The molecule has 1 amide bonds. The molecule has 0 aliphatic heterocycles. The molecule has 120 valence electrons.